The van der Waals surface area contributed by atoms with Crippen LogP contribution < -0.4 is 5.32 Å². The lowest BCUT2D eigenvalue weighted by Gasteiger charge is -2.34. The molecule has 1 aliphatic rings. The van der Waals surface area contributed by atoms with E-state index in [1.807, 2.05) is 24.3 Å². The summed E-state index contributed by atoms with van der Waals surface area (Å²) in [5.74, 6) is 0.0252. The van der Waals surface area contributed by atoms with Crippen LogP contribution in [0.2, 0.25) is 10.0 Å². The molecule has 1 fully saturated rings. The fourth-order valence-electron chi connectivity index (χ4n) is 4.18. The summed E-state index contributed by atoms with van der Waals surface area (Å²) in [5.41, 5.74) is 1.74. The molecular weight excluding hydrogens is 467 g/mol. The molecule has 172 valence electrons. The minimum absolute atomic E-state index is 0.123. The van der Waals surface area contributed by atoms with E-state index in [0.29, 0.717) is 34.5 Å². The zero-order valence-electron chi connectivity index (χ0n) is 18.2. The van der Waals surface area contributed by atoms with E-state index in [9.17, 15) is 9.59 Å². The van der Waals surface area contributed by atoms with Gasteiger partial charge in [0, 0.05) is 22.6 Å². The van der Waals surface area contributed by atoms with E-state index in [1.165, 1.54) is 0 Å². The first-order valence-corrected chi connectivity index (χ1v) is 12.3. The monoisotopic (exact) mass is 494 g/mol. The number of nitrogens with one attached hydrogen (secondary N) is 1. The molecule has 2 aromatic rings. The van der Waals surface area contributed by atoms with Crippen LogP contribution in [0.25, 0.3) is 0 Å². The van der Waals surface area contributed by atoms with Gasteiger partial charge in [-0.15, -0.1) is 11.6 Å². The van der Waals surface area contributed by atoms with Crippen molar-refractivity contribution in [2.45, 2.75) is 51.1 Å². The molecule has 0 bridgehead atoms. The predicted molar refractivity (Wildman–Crippen MR) is 131 cm³/mol. The maximum atomic E-state index is 13.5. The quantitative estimate of drug-likeness (QED) is 0.454. The van der Waals surface area contributed by atoms with Crippen molar-refractivity contribution in [1.82, 2.24) is 10.2 Å². The van der Waals surface area contributed by atoms with E-state index in [2.05, 4.69) is 12.2 Å². The maximum Gasteiger partial charge on any atom is 0.247 e. The van der Waals surface area contributed by atoms with Gasteiger partial charge in [0.05, 0.1) is 0 Å². The number of rotatable bonds is 8. The number of amides is 2. The Morgan fingerprint density at radius 2 is 1.53 bits per heavy atom. The van der Waals surface area contributed by atoms with Crippen LogP contribution >= 0.6 is 34.8 Å². The summed E-state index contributed by atoms with van der Waals surface area (Å²) in [7, 11) is 0. The first-order chi connectivity index (χ1) is 15.4. The summed E-state index contributed by atoms with van der Waals surface area (Å²) in [4.78, 5) is 27.9. The van der Waals surface area contributed by atoms with Crippen LogP contribution in [0.1, 0.15) is 49.8 Å². The highest BCUT2D eigenvalue weighted by Gasteiger charge is 2.32. The van der Waals surface area contributed by atoms with Gasteiger partial charge in [0.2, 0.25) is 11.8 Å². The molecule has 3 rings (SSSR count). The summed E-state index contributed by atoms with van der Waals surface area (Å²) in [6.45, 7) is 2.60. The Morgan fingerprint density at radius 3 is 2.09 bits per heavy atom. The number of benzene rings is 2. The van der Waals surface area contributed by atoms with Crippen LogP contribution in [0.5, 0.6) is 0 Å². The van der Waals surface area contributed by atoms with Crippen molar-refractivity contribution >= 4 is 46.6 Å². The average molecular weight is 496 g/mol. The largest absolute Gasteiger partial charge is 0.351 e. The molecule has 32 heavy (non-hydrogen) atoms. The molecule has 1 atom stereocenters. The predicted octanol–water partition coefficient (Wildman–Crippen LogP) is 6.04. The van der Waals surface area contributed by atoms with Crippen molar-refractivity contribution in [1.29, 1.82) is 0 Å². The van der Waals surface area contributed by atoms with Crippen LogP contribution in [-0.2, 0) is 16.0 Å². The van der Waals surface area contributed by atoms with Crippen LogP contribution in [0, 0.1) is 5.92 Å². The van der Waals surface area contributed by atoms with E-state index in [0.717, 1.165) is 31.2 Å². The Bertz CT molecular complexity index is 894. The minimum Gasteiger partial charge on any atom is -0.351 e. The third-order valence-corrected chi connectivity index (χ3v) is 6.83. The van der Waals surface area contributed by atoms with Gasteiger partial charge in [-0.3, -0.25) is 9.59 Å². The van der Waals surface area contributed by atoms with Crippen molar-refractivity contribution in [3.63, 3.8) is 0 Å². The second-order valence-corrected chi connectivity index (χ2v) is 9.66. The molecule has 0 saturated heterocycles. The van der Waals surface area contributed by atoms with Crippen LogP contribution in [0.3, 0.4) is 0 Å². The molecule has 0 spiro atoms. The van der Waals surface area contributed by atoms with Gasteiger partial charge in [0.1, 0.15) is 11.9 Å². The molecule has 1 saturated carbocycles. The molecule has 1 aliphatic carbocycles. The minimum atomic E-state index is -0.773. The standard InChI is InChI=1S/C25H29Cl3N2O2/c1-17-2-12-22(13-3-17)29-25(32)24(19-6-10-21(28)11-7-19)30(23(31)16-26)15-14-18-4-8-20(27)9-5-18/h4-11,17,22,24H,2-3,12-16H2,1H3,(H,29,32)/t17?,22?,24-/m1/s1. The molecule has 0 unspecified atom stereocenters. The first-order valence-electron chi connectivity index (χ1n) is 11.0. The average Bonchev–Trinajstić information content (AvgIpc) is 2.79. The number of alkyl halides is 1. The Hall–Kier alpha value is -1.75. The third kappa shape index (κ3) is 6.87. The number of nitrogens with zero attached hydrogens (tertiary/aromatic N) is 1. The van der Waals surface area contributed by atoms with Gasteiger partial charge < -0.3 is 10.2 Å². The Morgan fingerprint density at radius 1 is 0.969 bits per heavy atom. The van der Waals surface area contributed by atoms with Gasteiger partial charge in [-0.2, -0.15) is 0 Å². The Kier molecular flexibility index (Phi) is 9.27. The van der Waals surface area contributed by atoms with Crippen molar-refractivity contribution < 1.29 is 9.59 Å². The lowest BCUT2D eigenvalue weighted by Crippen LogP contribution is -2.48. The smallest absolute Gasteiger partial charge is 0.247 e. The van der Waals surface area contributed by atoms with Gasteiger partial charge in [0.25, 0.3) is 0 Å². The zero-order valence-corrected chi connectivity index (χ0v) is 20.5. The number of carbonyl (C=O) groups is 2. The Labute approximate surface area is 205 Å². The first kappa shape index (κ1) is 24.9. The van der Waals surface area contributed by atoms with E-state index in [1.54, 1.807) is 29.2 Å². The summed E-state index contributed by atoms with van der Waals surface area (Å²) in [5, 5.41) is 4.42. The summed E-state index contributed by atoms with van der Waals surface area (Å²) in [6.07, 6.45) is 4.68. The molecule has 1 N–H and O–H groups in total. The molecule has 2 aromatic carbocycles. The SMILES string of the molecule is CC1CCC(NC(=O)[C@@H](c2ccc(Cl)cc2)N(CCc2ccc(Cl)cc2)C(=O)CCl)CC1. The molecular formula is C25H29Cl3N2O2. The number of halogens is 3. The second-order valence-electron chi connectivity index (χ2n) is 8.52. The topological polar surface area (TPSA) is 49.4 Å². The van der Waals surface area contributed by atoms with Gasteiger partial charge in [-0.1, -0.05) is 54.4 Å². The van der Waals surface area contributed by atoms with E-state index < -0.39 is 6.04 Å². The van der Waals surface area contributed by atoms with Gasteiger partial charge in [-0.25, -0.2) is 0 Å². The molecule has 0 aromatic heterocycles. The van der Waals surface area contributed by atoms with E-state index in [-0.39, 0.29) is 23.7 Å². The van der Waals surface area contributed by atoms with Gasteiger partial charge in [0.15, 0.2) is 0 Å². The van der Waals surface area contributed by atoms with Crippen LogP contribution in [0.4, 0.5) is 0 Å². The van der Waals surface area contributed by atoms with Crippen LogP contribution in [-0.4, -0.2) is 35.2 Å². The normalized spacial score (nSPS) is 19.2. The molecule has 2 amide bonds. The van der Waals surface area contributed by atoms with E-state index in [4.69, 9.17) is 34.8 Å². The van der Waals surface area contributed by atoms with Crippen molar-refractivity contribution in [3.05, 3.63) is 69.7 Å². The number of carbonyl (C=O) groups excluding carboxylic acids is 2. The third-order valence-electron chi connectivity index (χ3n) is 6.10. The molecule has 0 radical (unpaired) electrons. The highest BCUT2D eigenvalue weighted by atomic mass is 35.5. The fourth-order valence-corrected chi connectivity index (χ4v) is 4.58. The van der Waals surface area contributed by atoms with Crippen molar-refractivity contribution in [3.8, 4) is 0 Å². The van der Waals surface area contributed by atoms with Crippen LogP contribution in [0.15, 0.2) is 48.5 Å². The fraction of sp³-hybridized carbons (Fsp3) is 0.440. The maximum absolute atomic E-state index is 13.5. The van der Waals surface area contributed by atoms with Crippen molar-refractivity contribution in [2.75, 3.05) is 12.4 Å². The highest BCUT2D eigenvalue weighted by Crippen LogP contribution is 2.27. The lowest BCUT2D eigenvalue weighted by atomic mass is 9.87. The molecule has 0 heterocycles. The summed E-state index contributed by atoms with van der Waals surface area (Å²) >= 11 is 18.0. The highest BCUT2D eigenvalue weighted by molar-refractivity contribution is 6.30. The second kappa shape index (κ2) is 11.9. The zero-order chi connectivity index (χ0) is 23.1. The number of hydrogen-bond donors (Lipinski definition) is 1. The molecule has 4 nitrogen and oxygen atoms in total. The van der Waals surface area contributed by atoms with Gasteiger partial charge >= 0.3 is 0 Å². The lowest BCUT2D eigenvalue weighted by molar-refractivity contribution is -0.139. The molecule has 0 aliphatic heterocycles. The molecule has 7 heteroatoms. The van der Waals surface area contributed by atoms with E-state index >= 15 is 0 Å². The number of hydrogen-bond acceptors (Lipinski definition) is 2. The van der Waals surface area contributed by atoms with Crippen molar-refractivity contribution in [2.24, 2.45) is 5.92 Å². The Balaban J connectivity index is 1.84. The van der Waals surface area contributed by atoms with Gasteiger partial charge in [-0.05, 0) is 73.4 Å². The summed E-state index contributed by atoms with van der Waals surface area (Å²) in [6, 6.07) is 13.9. The summed E-state index contributed by atoms with van der Waals surface area (Å²) < 4.78 is 0.